The van der Waals surface area contributed by atoms with Crippen LogP contribution in [-0.2, 0) is 0 Å². The Morgan fingerprint density at radius 3 is 2.50 bits per heavy atom. The molecule has 4 nitrogen and oxygen atoms in total. The van der Waals surface area contributed by atoms with Crippen LogP contribution in [0.4, 0.5) is 10.3 Å². The molecule has 0 saturated heterocycles. The molecule has 78 valence electrons. The van der Waals surface area contributed by atoms with Crippen LogP contribution in [0.15, 0.2) is 12.4 Å². The molecule has 2 N–H and O–H groups in total. The smallest absolute Gasteiger partial charge is 0.222 e. The molecule has 1 aromatic heterocycles. The molecule has 0 saturated carbocycles. The number of aliphatic hydroxyl groups is 1. The number of rotatable bonds is 4. The summed E-state index contributed by atoms with van der Waals surface area (Å²) in [5, 5.41) is 12.3. The fourth-order valence-corrected chi connectivity index (χ4v) is 0.835. The highest BCUT2D eigenvalue weighted by atomic mass is 19.1. The van der Waals surface area contributed by atoms with Crippen LogP contribution in [0.2, 0.25) is 0 Å². The second-order valence-corrected chi connectivity index (χ2v) is 3.42. The highest BCUT2D eigenvalue weighted by Crippen LogP contribution is 2.03. The van der Waals surface area contributed by atoms with Gasteiger partial charge in [-0.2, -0.15) is 0 Å². The van der Waals surface area contributed by atoms with Crippen molar-refractivity contribution in [2.75, 3.05) is 11.9 Å². The van der Waals surface area contributed by atoms with Gasteiger partial charge in [0.05, 0.1) is 18.5 Å². The second kappa shape index (κ2) is 4.85. The van der Waals surface area contributed by atoms with E-state index in [1.807, 2.05) is 13.8 Å². The van der Waals surface area contributed by atoms with Gasteiger partial charge in [-0.3, -0.25) is 0 Å². The molecular formula is C9H14FN3O. The Kier molecular flexibility index (Phi) is 3.76. The molecule has 0 aliphatic carbocycles. The molecule has 0 amide bonds. The summed E-state index contributed by atoms with van der Waals surface area (Å²) in [5.41, 5.74) is 0. The van der Waals surface area contributed by atoms with Crippen LogP contribution in [-0.4, -0.2) is 27.7 Å². The standard InChI is InChI=1S/C9H14FN3O/c1-6(2)8(14)5-13-9-11-3-7(10)4-12-9/h3-4,6,8,14H,5H2,1-2H3,(H,11,12,13). The highest BCUT2D eigenvalue weighted by Gasteiger charge is 2.08. The summed E-state index contributed by atoms with van der Waals surface area (Å²) in [6.07, 6.45) is 1.71. The third-order valence-corrected chi connectivity index (χ3v) is 1.86. The number of hydrogen-bond acceptors (Lipinski definition) is 4. The number of hydrogen-bond donors (Lipinski definition) is 2. The van der Waals surface area contributed by atoms with Gasteiger partial charge in [0.1, 0.15) is 0 Å². The molecule has 1 aromatic rings. The number of aromatic nitrogens is 2. The average molecular weight is 199 g/mol. The van der Waals surface area contributed by atoms with Gasteiger partial charge in [0.25, 0.3) is 0 Å². The number of nitrogens with one attached hydrogen (secondary N) is 1. The van der Waals surface area contributed by atoms with Crippen molar-refractivity contribution >= 4 is 5.95 Å². The van der Waals surface area contributed by atoms with Gasteiger partial charge >= 0.3 is 0 Å². The van der Waals surface area contributed by atoms with E-state index in [2.05, 4.69) is 15.3 Å². The minimum Gasteiger partial charge on any atom is -0.391 e. The summed E-state index contributed by atoms with van der Waals surface area (Å²) in [6.45, 7) is 4.19. The van der Waals surface area contributed by atoms with Gasteiger partial charge in [-0.1, -0.05) is 13.8 Å². The molecule has 1 rings (SSSR count). The normalized spacial score (nSPS) is 12.9. The van der Waals surface area contributed by atoms with Crippen molar-refractivity contribution in [3.8, 4) is 0 Å². The van der Waals surface area contributed by atoms with Crippen LogP contribution in [0.3, 0.4) is 0 Å². The molecule has 1 atom stereocenters. The summed E-state index contributed by atoms with van der Waals surface area (Å²) < 4.78 is 12.4. The predicted molar refractivity (Wildman–Crippen MR) is 51.3 cm³/mol. The third kappa shape index (κ3) is 3.26. The number of halogens is 1. The van der Waals surface area contributed by atoms with E-state index < -0.39 is 11.9 Å². The van der Waals surface area contributed by atoms with Gasteiger partial charge in [0, 0.05) is 6.54 Å². The number of aliphatic hydroxyl groups excluding tert-OH is 1. The summed E-state index contributed by atoms with van der Waals surface area (Å²) in [5.74, 6) is 0.0222. The van der Waals surface area contributed by atoms with E-state index in [9.17, 15) is 9.50 Å². The van der Waals surface area contributed by atoms with Gasteiger partial charge in [-0.25, -0.2) is 14.4 Å². The number of anilines is 1. The molecule has 0 aromatic carbocycles. The first-order valence-corrected chi connectivity index (χ1v) is 4.49. The Balaban J connectivity index is 2.42. The van der Waals surface area contributed by atoms with E-state index in [0.29, 0.717) is 12.5 Å². The zero-order valence-corrected chi connectivity index (χ0v) is 8.24. The summed E-state index contributed by atoms with van der Waals surface area (Å²) in [6, 6.07) is 0. The van der Waals surface area contributed by atoms with Crippen molar-refractivity contribution < 1.29 is 9.50 Å². The molecular weight excluding hydrogens is 185 g/mol. The van der Waals surface area contributed by atoms with Gasteiger partial charge < -0.3 is 10.4 Å². The molecule has 0 aliphatic heterocycles. The van der Waals surface area contributed by atoms with E-state index >= 15 is 0 Å². The molecule has 14 heavy (non-hydrogen) atoms. The maximum atomic E-state index is 12.4. The minimum absolute atomic E-state index is 0.169. The lowest BCUT2D eigenvalue weighted by atomic mass is 10.1. The molecule has 0 radical (unpaired) electrons. The molecule has 5 heteroatoms. The fourth-order valence-electron chi connectivity index (χ4n) is 0.835. The molecule has 0 aliphatic rings. The lowest BCUT2D eigenvalue weighted by Gasteiger charge is -2.14. The van der Waals surface area contributed by atoms with Gasteiger partial charge in [-0.15, -0.1) is 0 Å². The Bertz CT molecular complexity index is 276. The monoisotopic (exact) mass is 199 g/mol. The van der Waals surface area contributed by atoms with Crippen molar-refractivity contribution in [3.63, 3.8) is 0 Å². The number of nitrogens with zero attached hydrogens (tertiary/aromatic N) is 2. The lowest BCUT2D eigenvalue weighted by molar-refractivity contribution is 0.137. The maximum absolute atomic E-state index is 12.4. The Morgan fingerprint density at radius 1 is 1.43 bits per heavy atom. The van der Waals surface area contributed by atoms with Crippen LogP contribution in [0.25, 0.3) is 0 Å². The van der Waals surface area contributed by atoms with E-state index in [0.717, 1.165) is 12.4 Å². The molecule has 0 spiro atoms. The SMILES string of the molecule is CC(C)C(O)CNc1ncc(F)cn1. The van der Waals surface area contributed by atoms with Gasteiger partial charge in [-0.05, 0) is 5.92 Å². The quantitative estimate of drug-likeness (QED) is 0.760. The van der Waals surface area contributed by atoms with Crippen LogP contribution in [0, 0.1) is 11.7 Å². The topological polar surface area (TPSA) is 58.0 Å². The summed E-state index contributed by atoms with van der Waals surface area (Å²) >= 11 is 0. The summed E-state index contributed by atoms with van der Waals surface area (Å²) in [7, 11) is 0. The van der Waals surface area contributed by atoms with E-state index in [-0.39, 0.29) is 5.92 Å². The van der Waals surface area contributed by atoms with Crippen LogP contribution >= 0.6 is 0 Å². The Labute approximate surface area is 82.2 Å². The van der Waals surface area contributed by atoms with E-state index in [4.69, 9.17) is 0 Å². The second-order valence-electron chi connectivity index (χ2n) is 3.42. The third-order valence-electron chi connectivity index (χ3n) is 1.86. The summed E-state index contributed by atoms with van der Waals surface area (Å²) in [4.78, 5) is 7.40. The first kappa shape index (κ1) is 10.8. The largest absolute Gasteiger partial charge is 0.391 e. The van der Waals surface area contributed by atoms with Gasteiger partial charge in [0.15, 0.2) is 5.82 Å². The van der Waals surface area contributed by atoms with Crippen LogP contribution in [0.5, 0.6) is 0 Å². The first-order valence-electron chi connectivity index (χ1n) is 4.49. The average Bonchev–Trinajstić information content (AvgIpc) is 2.16. The molecule has 1 unspecified atom stereocenters. The van der Waals surface area contributed by atoms with Crippen molar-refractivity contribution in [2.24, 2.45) is 5.92 Å². The zero-order valence-electron chi connectivity index (χ0n) is 8.24. The zero-order chi connectivity index (χ0) is 10.6. The lowest BCUT2D eigenvalue weighted by Crippen LogP contribution is -2.25. The van der Waals surface area contributed by atoms with Crippen molar-refractivity contribution in [3.05, 3.63) is 18.2 Å². The maximum Gasteiger partial charge on any atom is 0.222 e. The minimum atomic E-state index is -0.472. The Hall–Kier alpha value is -1.23. The first-order chi connectivity index (χ1) is 6.59. The van der Waals surface area contributed by atoms with Gasteiger partial charge in [0.2, 0.25) is 5.95 Å². The van der Waals surface area contributed by atoms with Crippen LogP contribution < -0.4 is 5.32 Å². The van der Waals surface area contributed by atoms with Crippen molar-refractivity contribution in [1.82, 2.24) is 9.97 Å². The Morgan fingerprint density at radius 2 is 2.00 bits per heavy atom. The van der Waals surface area contributed by atoms with E-state index in [1.54, 1.807) is 0 Å². The van der Waals surface area contributed by atoms with E-state index in [1.165, 1.54) is 0 Å². The molecule has 0 fully saturated rings. The van der Waals surface area contributed by atoms with Crippen molar-refractivity contribution in [2.45, 2.75) is 20.0 Å². The highest BCUT2D eigenvalue weighted by molar-refractivity contribution is 5.22. The van der Waals surface area contributed by atoms with Crippen molar-refractivity contribution in [1.29, 1.82) is 0 Å². The molecule has 0 bridgehead atoms. The predicted octanol–water partition coefficient (Wildman–Crippen LogP) is 1.04. The van der Waals surface area contributed by atoms with Crippen LogP contribution in [0.1, 0.15) is 13.8 Å². The molecule has 1 heterocycles. The fraction of sp³-hybridized carbons (Fsp3) is 0.556.